The van der Waals surface area contributed by atoms with Crippen molar-refractivity contribution < 1.29 is 8.42 Å². The van der Waals surface area contributed by atoms with Crippen molar-refractivity contribution in [2.45, 2.75) is 39.5 Å². The molecule has 0 fully saturated rings. The zero-order chi connectivity index (χ0) is 27.4. The molecule has 0 saturated carbocycles. The van der Waals surface area contributed by atoms with Gasteiger partial charge in [0, 0.05) is 42.4 Å². The molecule has 5 rings (SSSR count). The Morgan fingerprint density at radius 2 is 1.61 bits per heavy atom. The quantitative estimate of drug-likeness (QED) is 0.287. The first-order chi connectivity index (χ1) is 17.9. The first-order valence-electron chi connectivity index (χ1n) is 12.0. The van der Waals surface area contributed by atoms with Crippen molar-refractivity contribution in [3.8, 4) is 11.1 Å². The Morgan fingerprint density at radius 1 is 0.868 bits per heavy atom. The normalized spacial score (nSPS) is 11.8. The zero-order valence-electron chi connectivity index (χ0n) is 22.3. The average molecular weight is 532 g/mol. The van der Waals surface area contributed by atoms with Crippen molar-refractivity contribution in [2.75, 3.05) is 16.9 Å². The minimum Gasteiger partial charge on any atom is -0.352 e. The van der Waals surface area contributed by atoms with Crippen LogP contribution in [-0.2, 0) is 16.9 Å². The molecule has 0 radical (unpaired) electrons. The summed E-state index contributed by atoms with van der Waals surface area (Å²) in [6.07, 6.45) is 1.20. The first kappa shape index (κ1) is 25.3. The number of aryl methyl sites for hydroxylation is 5. The van der Waals surface area contributed by atoms with Gasteiger partial charge in [0.25, 0.3) is 0 Å². The van der Waals surface area contributed by atoms with E-state index in [1.807, 2.05) is 53.8 Å². The number of imidazole rings is 1. The number of rotatable bonds is 6. The number of nitrogens with zero attached hydrogens (tertiary/aromatic N) is 6. The van der Waals surface area contributed by atoms with Gasteiger partial charge in [-0.2, -0.15) is 5.10 Å². The van der Waals surface area contributed by atoms with Crippen molar-refractivity contribution in [3.63, 3.8) is 0 Å². The lowest BCUT2D eigenvalue weighted by molar-refractivity contribution is 0.602. The molecule has 4 heterocycles. The van der Waals surface area contributed by atoms with Crippen LogP contribution in [0.3, 0.4) is 0 Å². The fraction of sp³-hybridized carbons (Fsp3) is 0.269. The Kier molecular flexibility index (Phi) is 6.14. The standard InChI is InChI=1S/C26H29N9O2S/c1-13-10-22(28-16(4)27-13)32-23-12-20(25-26(33-23)30-17(5)29-25)31-19-9-8-18(11-21(19)38(7,36)37)24-14(2)34-35(6)15(24)3/h8-12H,1-7H3,(H3,27,28,29,30,31,32,33). The third-order valence-corrected chi connectivity index (χ3v) is 7.38. The van der Waals surface area contributed by atoms with Gasteiger partial charge in [-0.15, -0.1) is 0 Å². The lowest BCUT2D eigenvalue weighted by Crippen LogP contribution is -2.05. The third kappa shape index (κ3) is 4.82. The number of hydrogen-bond donors (Lipinski definition) is 3. The van der Waals surface area contributed by atoms with Gasteiger partial charge in [-0.1, -0.05) is 6.07 Å². The van der Waals surface area contributed by atoms with Gasteiger partial charge in [-0.25, -0.2) is 28.4 Å². The van der Waals surface area contributed by atoms with Crippen LogP contribution in [0.25, 0.3) is 22.3 Å². The summed E-state index contributed by atoms with van der Waals surface area (Å²) in [6.45, 7) is 9.43. The fourth-order valence-electron chi connectivity index (χ4n) is 4.60. The highest BCUT2D eigenvalue weighted by atomic mass is 32.2. The number of pyridine rings is 1. The molecule has 1 aromatic carbocycles. The maximum Gasteiger partial charge on any atom is 0.177 e. The largest absolute Gasteiger partial charge is 0.352 e. The second-order valence-corrected chi connectivity index (χ2v) is 11.4. The van der Waals surface area contributed by atoms with E-state index in [1.165, 1.54) is 6.26 Å². The molecule has 0 spiro atoms. The highest BCUT2D eigenvalue weighted by Gasteiger charge is 2.20. The second kappa shape index (κ2) is 9.21. The molecular weight excluding hydrogens is 502 g/mol. The third-order valence-electron chi connectivity index (χ3n) is 6.24. The molecule has 0 aliphatic carbocycles. The van der Waals surface area contributed by atoms with Gasteiger partial charge in [0.15, 0.2) is 15.5 Å². The van der Waals surface area contributed by atoms with Crippen molar-refractivity contribution >= 4 is 44.0 Å². The van der Waals surface area contributed by atoms with E-state index in [0.29, 0.717) is 45.8 Å². The molecule has 0 aliphatic heterocycles. The molecule has 0 amide bonds. The van der Waals surface area contributed by atoms with Crippen molar-refractivity contribution in [2.24, 2.45) is 7.05 Å². The van der Waals surface area contributed by atoms with Crippen molar-refractivity contribution in [3.05, 3.63) is 59.1 Å². The summed E-state index contributed by atoms with van der Waals surface area (Å²) < 4.78 is 27.6. The number of H-pyrrole nitrogens is 1. The molecule has 0 unspecified atom stereocenters. The molecule has 38 heavy (non-hydrogen) atoms. The van der Waals surface area contributed by atoms with Crippen LogP contribution < -0.4 is 10.6 Å². The van der Waals surface area contributed by atoms with E-state index in [2.05, 4.69) is 40.7 Å². The van der Waals surface area contributed by atoms with Crippen LogP contribution in [0.5, 0.6) is 0 Å². The van der Waals surface area contributed by atoms with Gasteiger partial charge in [-0.3, -0.25) is 4.68 Å². The van der Waals surface area contributed by atoms with Crippen molar-refractivity contribution in [1.82, 2.24) is 34.7 Å². The Labute approximate surface area is 220 Å². The number of fused-ring (bicyclic) bond motifs is 1. The minimum atomic E-state index is -3.59. The van der Waals surface area contributed by atoms with Crippen LogP contribution in [0.15, 0.2) is 35.2 Å². The molecule has 3 N–H and O–H groups in total. The molecule has 11 nitrogen and oxygen atoms in total. The highest BCUT2D eigenvalue weighted by Crippen LogP contribution is 2.35. The predicted octanol–water partition coefficient (Wildman–Crippen LogP) is 4.58. The molecule has 0 atom stereocenters. The lowest BCUT2D eigenvalue weighted by atomic mass is 10.0. The lowest BCUT2D eigenvalue weighted by Gasteiger charge is -2.15. The molecule has 12 heteroatoms. The van der Waals surface area contributed by atoms with E-state index >= 15 is 0 Å². The molecule has 196 valence electrons. The molecule has 4 aromatic heterocycles. The Balaban J connectivity index is 1.61. The Morgan fingerprint density at radius 3 is 2.26 bits per heavy atom. The summed E-state index contributed by atoms with van der Waals surface area (Å²) >= 11 is 0. The monoisotopic (exact) mass is 531 g/mol. The first-order valence-corrected chi connectivity index (χ1v) is 13.9. The maximum atomic E-state index is 12.9. The van der Waals surface area contributed by atoms with Gasteiger partial charge in [-0.05, 0) is 52.3 Å². The minimum absolute atomic E-state index is 0.173. The summed E-state index contributed by atoms with van der Waals surface area (Å²) in [5, 5.41) is 11.0. The van der Waals surface area contributed by atoms with E-state index in [0.717, 1.165) is 28.2 Å². The summed E-state index contributed by atoms with van der Waals surface area (Å²) in [5.74, 6) is 2.44. The Bertz CT molecular complexity index is 1800. The molecule has 0 saturated heterocycles. The van der Waals surface area contributed by atoms with Crippen LogP contribution in [0.1, 0.15) is 28.7 Å². The summed E-state index contributed by atoms with van der Waals surface area (Å²) in [4.78, 5) is 21.3. The number of hydrogen-bond acceptors (Lipinski definition) is 9. The molecule has 5 aromatic rings. The SMILES string of the molecule is Cc1cc(Nc2cc(Nc3ccc(-c4c(C)nn(C)c4C)cc3S(C)(=O)=O)c3nc(C)[nH]c3n2)nc(C)n1. The van der Waals surface area contributed by atoms with E-state index in [9.17, 15) is 8.42 Å². The van der Waals surface area contributed by atoms with Crippen molar-refractivity contribution in [1.29, 1.82) is 0 Å². The molecule has 0 aliphatic rings. The number of aromatic nitrogens is 7. The number of anilines is 4. The van der Waals surface area contributed by atoms with Crippen LogP contribution >= 0.6 is 0 Å². The maximum absolute atomic E-state index is 12.9. The van der Waals surface area contributed by atoms with E-state index in [1.54, 1.807) is 22.9 Å². The summed E-state index contributed by atoms with van der Waals surface area (Å²) in [6, 6.07) is 8.97. The van der Waals surface area contributed by atoms with Gasteiger partial charge in [0.05, 0.1) is 22.0 Å². The average Bonchev–Trinajstić information content (AvgIpc) is 3.30. The number of nitrogens with one attached hydrogen (secondary N) is 3. The van der Waals surface area contributed by atoms with Crippen LogP contribution in [0.4, 0.5) is 23.0 Å². The summed E-state index contributed by atoms with van der Waals surface area (Å²) in [7, 11) is -1.71. The summed E-state index contributed by atoms with van der Waals surface area (Å²) in [5.41, 5.74) is 6.48. The Hall–Kier alpha value is -4.32. The van der Waals surface area contributed by atoms with E-state index < -0.39 is 9.84 Å². The van der Waals surface area contributed by atoms with E-state index in [-0.39, 0.29) is 4.90 Å². The smallest absolute Gasteiger partial charge is 0.177 e. The highest BCUT2D eigenvalue weighted by molar-refractivity contribution is 7.90. The predicted molar refractivity (Wildman–Crippen MR) is 148 cm³/mol. The molecular formula is C26H29N9O2S. The van der Waals surface area contributed by atoms with Crippen LogP contribution in [0.2, 0.25) is 0 Å². The number of aromatic amines is 1. The van der Waals surface area contributed by atoms with Crippen LogP contribution in [-0.4, -0.2) is 49.4 Å². The van der Waals surface area contributed by atoms with Gasteiger partial charge in [0.1, 0.15) is 28.8 Å². The number of benzene rings is 1. The van der Waals surface area contributed by atoms with Crippen LogP contribution in [0, 0.1) is 34.6 Å². The number of sulfone groups is 1. The van der Waals surface area contributed by atoms with Gasteiger partial charge in [0.2, 0.25) is 0 Å². The fourth-order valence-corrected chi connectivity index (χ4v) is 5.46. The van der Waals surface area contributed by atoms with Gasteiger partial charge >= 0.3 is 0 Å². The molecule has 0 bridgehead atoms. The zero-order valence-corrected chi connectivity index (χ0v) is 23.1. The van der Waals surface area contributed by atoms with E-state index in [4.69, 9.17) is 0 Å². The second-order valence-electron chi connectivity index (χ2n) is 9.42. The van der Waals surface area contributed by atoms with Gasteiger partial charge < -0.3 is 15.6 Å². The topological polar surface area (TPSA) is 143 Å².